The van der Waals surface area contributed by atoms with E-state index in [0.717, 1.165) is 53.3 Å². The molecule has 1 aromatic heterocycles. The van der Waals surface area contributed by atoms with Crippen molar-refractivity contribution in [2.75, 3.05) is 20.3 Å². The van der Waals surface area contributed by atoms with Crippen molar-refractivity contribution in [3.05, 3.63) is 97.6 Å². The fourth-order valence-electron chi connectivity index (χ4n) is 5.27. The van der Waals surface area contributed by atoms with Crippen LogP contribution in [0, 0.1) is 0 Å². The molecule has 42 heavy (non-hydrogen) atoms. The number of hydrogen-bond donors (Lipinski definition) is 0. The average molecular weight is 697 g/mol. The summed E-state index contributed by atoms with van der Waals surface area (Å²) < 4.78 is 17.8. The highest BCUT2D eigenvalue weighted by Crippen LogP contribution is 2.43. The summed E-state index contributed by atoms with van der Waals surface area (Å²) in [5.74, 6) is 0.0921. The third-order valence-electron chi connectivity index (χ3n) is 7.15. The molecule has 220 valence electrons. The smallest absolute Gasteiger partial charge is 0.338 e. The lowest BCUT2D eigenvalue weighted by Gasteiger charge is -2.13. The first-order chi connectivity index (χ1) is 20.4. The minimum Gasteiger partial charge on any atom is -0.481 e. The molecule has 3 aromatic rings. The SMILES string of the molecule is CCOC(=O)c1cccc(C2=C(Br)CCC2)c1.CCOC(=O)c1cccc(C2=C(c3cc(Br)cnc3OC)CCC2)c1. The fraction of sp³-hybridized carbons (Fsp3) is 0.324. The molecule has 0 N–H and O–H groups in total. The van der Waals surface area contributed by atoms with Crippen LogP contribution >= 0.6 is 31.9 Å². The zero-order valence-electron chi connectivity index (χ0n) is 24.2. The Kier molecular flexibility index (Phi) is 11.5. The van der Waals surface area contributed by atoms with Crippen molar-refractivity contribution in [3.63, 3.8) is 0 Å². The number of ether oxygens (including phenoxy) is 3. The van der Waals surface area contributed by atoms with Crippen LogP contribution in [0.4, 0.5) is 0 Å². The largest absolute Gasteiger partial charge is 0.481 e. The molecule has 2 aromatic carbocycles. The van der Waals surface area contributed by atoms with E-state index in [4.69, 9.17) is 14.2 Å². The van der Waals surface area contributed by atoms with Gasteiger partial charge in [-0.15, -0.1) is 0 Å². The highest BCUT2D eigenvalue weighted by Gasteiger charge is 2.22. The molecular weight excluding hydrogens is 662 g/mol. The predicted octanol–water partition coefficient (Wildman–Crippen LogP) is 9.28. The van der Waals surface area contributed by atoms with Crippen LogP contribution in [0.1, 0.15) is 89.8 Å². The molecule has 6 nitrogen and oxygen atoms in total. The molecule has 0 amide bonds. The summed E-state index contributed by atoms with van der Waals surface area (Å²) in [6.45, 7) is 4.41. The normalized spacial score (nSPS) is 14.4. The van der Waals surface area contributed by atoms with Crippen LogP contribution in [0.25, 0.3) is 16.7 Å². The van der Waals surface area contributed by atoms with Gasteiger partial charge in [-0.2, -0.15) is 0 Å². The number of carbonyl (C=O) groups is 2. The minimum atomic E-state index is -0.286. The van der Waals surface area contributed by atoms with Gasteiger partial charge in [0.1, 0.15) is 0 Å². The van der Waals surface area contributed by atoms with Crippen molar-refractivity contribution in [2.45, 2.75) is 52.4 Å². The molecule has 0 bridgehead atoms. The summed E-state index contributed by atoms with van der Waals surface area (Å²) >= 11 is 7.09. The maximum atomic E-state index is 12.0. The first-order valence-electron chi connectivity index (χ1n) is 14.2. The van der Waals surface area contributed by atoms with Gasteiger partial charge in [0, 0.05) is 16.2 Å². The van der Waals surface area contributed by atoms with Crippen molar-refractivity contribution in [2.24, 2.45) is 0 Å². The Bertz CT molecular complexity index is 1510. The second kappa shape index (κ2) is 15.3. The van der Waals surface area contributed by atoms with E-state index in [1.807, 2.05) is 56.3 Å². The number of allylic oxidation sites excluding steroid dienone is 4. The fourth-order valence-corrected chi connectivity index (χ4v) is 6.31. The van der Waals surface area contributed by atoms with E-state index < -0.39 is 0 Å². The van der Waals surface area contributed by atoms with Crippen LogP contribution in [0.3, 0.4) is 0 Å². The molecule has 0 radical (unpaired) electrons. The van der Waals surface area contributed by atoms with Crippen LogP contribution in [0.15, 0.2) is 69.7 Å². The van der Waals surface area contributed by atoms with Crippen molar-refractivity contribution < 1.29 is 23.8 Å². The van der Waals surface area contributed by atoms with E-state index in [2.05, 4.69) is 36.8 Å². The maximum absolute atomic E-state index is 12.0. The number of benzene rings is 2. The summed E-state index contributed by atoms with van der Waals surface area (Å²) in [6, 6.07) is 17.4. The quantitative estimate of drug-likeness (QED) is 0.219. The monoisotopic (exact) mass is 695 g/mol. The maximum Gasteiger partial charge on any atom is 0.338 e. The summed E-state index contributed by atoms with van der Waals surface area (Å²) in [7, 11) is 1.64. The number of nitrogens with zero attached hydrogens (tertiary/aromatic N) is 1. The Morgan fingerprint density at radius 1 is 0.762 bits per heavy atom. The topological polar surface area (TPSA) is 74.7 Å². The zero-order valence-corrected chi connectivity index (χ0v) is 27.3. The molecule has 0 unspecified atom stereocenters. The predicted molar refractivity (Wildman–Crippen MR) is 174 cm³/mol. The van der Waals surface area contributed by atoms with Gasteiger partial charge in [0.15, 0.2) is 0 Å². The van der Waals surface area contributed by atoms with Crippen molar-refractivity contribution in [1.29, 1.82) is 0 Å². The average Bonchev–Trinajstić information content (AvgIpc) is 3.67. The molecule has 0 fully saturated rings. The Labute approximate surface area is 264 Å². The Hall–Kier alpha value is -3.23. The molecule has 0 spiro atoms. The van der Waals surface area contributed by atoms with E-state index in [-0.39, 0.29) is 11.9 Å². The third kappa shape index (κ3) is 7.78. The van der Waals surface area contributed by atoms with Crippen LogP contribution in [0.2, 0.25) is 0 Å². The van der Waals surface area contributed by atoms with Gasteiger partial charge in [-0.3, -0.25) is 0 Å². The van der Waals surface area contributed by atoms with E-state index >= 15 is 0 Å². The lowest BCUT2D eigenvalue weighted by Crippen LogP contribution is -2.04. The van der Waals surface area contributed by atoms with Gasteiger partial charge in [-0.1, -0.05) is 40.2 Å². The summed E-state index contributed by atoms with van der Waals surface area (Å²) in [6.07, 6.45) is 8.10. The number of esters is 2. The van der Waals surface area contributed by atoms with E-state index in [1.54, 1.807) is 25.4 Å². The van der Waals surface area contributed by atoms with Crippen LogP contribution in [-0.4, -0.2) is 37.2 Å². The number of carbonyl (C=O) groups excluding carboxylic acids is 2. The lowest BCUT2D eigenvalue weighted by molar-refractivity contribution is 0.0516. The molecule has 0 saturated heterocycles. The molecule has 8 heteroatoms. The number of methoxy groups -OCH3 is 1. The van der Waals surface area contributed by atoms with Gasteiger partial charge in [0.25, 0.3) is 0 Å². The molecule has 2 aliphatic carbocycles. The second-order valence-electron chi connectivity index (χ2n) is 9.86. The highest BCUT2D eigenvalue weighted by atomic mass is 79.9. The molecular formula is C34H35Br2NO5. The number of pyridine rings is 1. The summed E-state index contributed by atoms with van der Waals surface area (Å²) in [5.41, 5.74) is 8.18. The third-order valence-corrected chi connectivity index (χ3v) is 8.46. The first kappa shape index (κ1) is 31.7. The Morgan fingerprint density at radius 3 is 1.86 bits per heavy atom. The number of hydrogen-bond acceptors (Lipinski definition) is 6. The van der Waals surface area contributed by atoms with Gasteiger partial charge in [-0.05, 0) is 131 Å². The van der Waals surface area contributed by atoms with Crippen molar-refractivity contribution in [1.82, 2.24) is 4.98 Å². The van der Waals surface area contributed by atoms with Gasteiger partial charge < -0.3 is 14.2 Å². The van der Waals surface area contributed by atoms with Crippen molar-refractivity contribution >= 4 is 60.5 Å². The number of halogens is 2. The zero-order chi connectivity index (χ0) is 30.1. The molecule has 0 aliphatic heterocycles. The van der Waals surface area contributed by atoms with Crippen LogP contribution < -0.4 is 4.74 Å². The molecule has 0 atom stereocenters. The molecule has 1 heterocycles. The Balaban J connectivity index is 0.000000208. The molecule has 5 rings (SSSR count). The summed E-state index contributed by atoms with van der Waals surface area (Å²) in [5, 5.41) is 0. The van der Waals surface area contributed by atoms with Gasteiger partial charge >= 0.3 is 11.9 Å². The number of aromatic nitrogens is 1. The minimum absolute atomic E-state index is 0.246. The lowest BCUT2D eigenvalue weighted by atomic mass is 9.96. The second-order valence-corrected chi connectivity index (χ2v) is 11.7. The number of rotatable bonds is 8. The Morgan fingerprint density at radius 2 is 1.31 bits per heavy atom. The molecule has 2 aliphatic rings. The standard InChI is InChI=1S/C20H20BrNO3.C14H15BrO2/c1-3-25-20(23)14-7-4-6-13(10-14)16-8-5-9-17(16)18-11-15(21)12-22-19(18)24-2;1-2-17-14(16)11-6-3-5-10(9-11)12-7-4-8-13(12)15/h4,6-7,10-12H,3,5,8-9H2,1-2H3;3,5-6,9H,2,4,7-8H2,1H3. The van der Waals surface area contributed by atoms with E-state index in [9.17, 15) is 9.59 Å². The van der Waals surface area contributed by atoms with E-state index in [0.29, 0.717) is 30.2 Å². The van der Waals surface area contributed by atoms with Crippen LogP contribution in [-0.2, 0) is 9.47 Å². The van der Waals surface area contributed by atoms with Gasteiger partial charge in [0.2, 0.25) is 5.88 Å². The first-order valence-corrected chi connectivity index (χ1v) is 15.8. The van der Waals surface area contributed by atoms with Gasteiger partial charge in [0.05, 0.1) is 31.5 Å². The van der Waals surface area contributed by atoms with Crippen molar-refractivity contribution in [3.8, 4) is 5.88 Å². The summed E-state index contributed by atoms with van der Waals surface area (Å²) in [4.78, 5) is 28.0. The molecule has 0 saturated carbocycles. The van der Waals surface area contributed by atoms with Gasteiger partial charge in [-0.25, -0.2) is 14.6 Å². The van der Waals surface area contributed by atoms with Crippen LogP contribution in [0.5, 0.6) is 5.88 Å². The highest BCUT2D eigenvalue weighted by molar-refractivity contribution is 9.11. The van der Waals surface area contributed by atoms with E-state index in [1.165, 1.54) is 27.6 Å².